The summed E-state index contributed by atoms with van der Waals surface area (Å²) in [4.78, 5) is -0.0568. The number of hydrogen-bond acceptors (Lipinski definition) is 5. The molecule has 2 N–H and O–H groups in total. The van der Waals surface area contributed by atoms with Crippen LogP contribution in [0.2, 0.25) is 5.02 Å². The molecule has 118 valence electrons. The van der Waals surface area contributed by atoms with Gasteiger partial charge in [0.25, 0.3) is 0 Å². The Kier molecular flexibility index (Phi) is 4.61. The van der Waals surface area contributed by atoms with Crippen LogP contribution in [-0.4, -0.2) is 45.2 Å². The average Bonchev–Trinajstić information content (AvgIpc) is 2.31. The maximum atomic E-state index is 12.7. The van der Waals surface area contributed by atoms with E-state index in [-0.39, 0.29) is 38.1 Å². The molecule has 2 rings (SSSR count). The molecule has 21 heavy (non-hydrogen) atoms. The van der Waals surface area contributed by atoms with Gasteiger partial charge < -0.3 is 5.73 Å². The highest BCUT2D eigenvalue weighted by Crippen LogP contribution is 2.34. The number of sulfonamides is 1. The van der Waals surface area contributed by atoms with Crippen LogP contribution in [0.5, 0.6) is 0 Å². The van der Waals surface area contributed by atoms with Crippen molar-refractivity contribution in [1.29, 1.82) is 0 Å². The van der Waals surface area contributed by atoms with E-state index in [4.69, 9.17) is 17.3 Å². The van der Waals surface area contributed by atoms with Gasteiger partial charge >= 0.3 is 0 Å². The molecule has 10 heteroatoms. The zero-order valence-electron chi connectivity index (χ0n) is 11.1. The summed E-state index contributed by atoms with van der Waals surface area (Å²) in [6.45, 7) is 1.49. The van der Waals surface area contributed by atoms with Crippen LogP contribution in [0.15, 0.2) is 21.5 Å². The molecule has 1 saturated heterocycles. The average molecular weight is 418 g/mol. The smallest absolute Gasteiger partial charge is 0.244 e. The zero-order valence-corrected chi connectivity index (χ0v) is 15.1. The van der Waals surface area contributed by atoms with E-state index in [0.29, 0.717) is 0 Å². The summed E-state index contributed by atoms with van der Waals surface area (Å²) >= 11 is 9.02. The molecule has 1 fully saturated rings. The molecule has 1 unspecified atom stereocenters. The lowest BCUT2D eigenvalue weighted by atomic mass is 10.3. The molecule has 0 spiro atoms. The van der Waals surface area contributed by atoms with Crippen molar-refractivity contribution in [3.63, 3.8) is 0 Å². The van der Waals surface area contributed by atoms with Crippen LogP contribution in [0.25, 0.3) is 0 Å². The molecule has 6 nitrogen and oxygen atoms in total. The predicted octanol–water partition coefficient (Wildman–Crippen LogP) is 1.49. The lowest BCUT2D eigenvalue weighted by Gasteiger charge is -2.32. The second-order valence-electron chi connectivity index (χ2n) is 4.89. The molecule has 0 aliphatic carbocycles. The van der Waals surface area contributed by atoms with Crippen LogP contribution < -0.4 is 5.73 Å². The lowest BCUT2D eigenvalue weighted by molar-refractivity contribution is 0.356. The maximum Gasteiger partial charge on any atom is 0.244 e. The molecule has 0 amide bonds. The predicted molar refractivity (Wildman–Crippen MR) is 85.6 cm³/mol. The first-order chi connectivity index (χ1) is 9.54. The Morgan fingerprint density at radius 2 is 2.05 bits per heavy atom. The molecule has 1 aliphatic rings. The largest absolute Gasteiger partial charge is 0.398 e. The lowest BCUT2D eigenvalue weighted by Crippen LogP contribution is -2.49. The summed E-state index contributed by atoms with van der Waals surface area (Å²) in [7, 11) is -7.08. The number of benzene rings is 1. The van der Waals surface area contributed by atoms with Gasteiger partial charge in [0, 0.05) is 23.3 Å². The van der Waals surface area contributed by atoms with Gasteiger partial charge in [-0.3, -0.25) is 0 Å². The van der Waals surface area contributed by atoms with E-state index in [9.17, 15) is 16.8 Å². The van der Waals surface area contributed by atoms with Crippen molar-refractivity contribution >= 4 is 53.1 Å². The zero-order chi connectivity index (χ0) is 16.0. The van der Waals surface area contributed by atoms with Crippen molar-refractivity contribution in [3.05, 3.63) is 21.6 Å². The quantitative estimate of drug-likeness (QED) is 0.735. The van der Waals surface area contributed by atoms with E-state index in [0.717, 1.165) is 0 Å². The highest BCUT2D eigenvalue weighted by molar-refractivity contribution is 9.10. The standard InChI is InChI=1S/C11H14BrClN2O4S2/c1-7-6-20(16,17)3-2-15(7)21(18,19)10-5-8(13)4-9(14)11(10)12/h4-5,7H,2-3,6,14H2,1H3. The Bertz CT molecular complexity index is 780. The summed E-state index contributed by atoms with van der Waals surface area (Å²) in [6.07, 6.45) is 0. The molecule has 1 atom stereocenters. The van der Waals surface area contributed by atoms with Crippen LogP contribution in [-0.2, 0) is 19.9 Å². The van der Waals surface area contributed by atoms with Gasteiger partial charge in [-0.15, -0.1) is 0 Å². The van der Waals surface area contributed by atoms with Gasteiger partial charge in [-0.1, -0.05) is 11.6 Å². The number of rotatable bonds is 2. The maximum absolute atomic E-state index is 12.7. The summed E-state index contributed by atoms with van der Waals surface area (Å²) in [5.74, 6) is -0.385. The minimum Gasteiger partial charge on any atom is -0.398 e. The number of halogens is 2. The summed E-state index contributed by atoms with van der Waals surface area (Å²) < 4.78 is 50.0. The number of sulfone groups is 1. The van der Waals surface area contributed by atoms with Gasteiger partial charge in [0.05, 0.1) is 20.9 Å². The van der Waals surface area contributed by atoms with E-state index in [1.165, 1.54) is 16.4 Å². The molecule has 0 saturated carbocycles. The van der Waals surface area contributed by atoms with Crippen molar-refractivity contribution in [2.75, 3.05) is 23.8 Å². The van der Waals surface area contributed by atoms with E-state index in [1.807, 2.05) is 0 Å². The number of nitrogen functional groups attached to an aromatic ring is 1. The third-order valence-electron chi connectivity index (χ3n) is 3.23. The monoisotopic (exact) mass is 416 g/mol. The van der Waals surface area contributed by atoms with E-state index < -0.39 is 25.9 Å². The Morgan fingerprint density at radius 1 is 1.43 bits per heavy atom. The number of nitrogens with zero attached hydrogens (tertiary/aromatic N) is 1. The molecule has 1 aromatic rings. The normalized spacial score (nSPS) is 23.1. The molecule has 0 aromatic heterocycles. The number of anilines is 1. The van der Waals surface area contributed by atoms with Crippen molar-refractivity contribution in [3.8, 4) is 0 Å². The van der Waals surface area contributed by atoms with Gasteiger partial charge in [0.15, 0.2) is 9.84 Å². The summed E-state index contributed by atoms with van der Waals surface area (Å²) in [5, 5.41) is 0.201. The highest BCUT2D eigenvalue weighted by atomic mass is 79.9. The highest BCUT2D eigenvalue weighted by Gasteiger charge is 2.37. The Labute approximate surface area is 137 Å². The molecule has 1 heterocycles. The molecular weight excluding hydrogens is 404 g/mol. The second kappa shape index (κ2) is 5.69. The second-order valence-corrected chi connectivity index (χ2v) is 10.2. The van der Waals surface area contributed by atoms with Crippen molar-refractivity contribution < 1.29 is 16.8 Å². The Morgan fingerprint density at radius 3 is 2.62 bits per heavy atom. The SMILES string of the molecule is CC1CS(=O)(=O)CCN1S(=O)(=O)c1cc(Cl)cc(N)c1Br. The first-order valence-electron chi connectivity index (χ1n) is 6.01. The molecule has 1 aliphatic heterocycles. The molecule has 0 bridgehead atoms. The molecular formula is C11H14BrClN2O4S2. The van der Waals surface area contributed by atoms with Gasteiger partial charge in [-0.2, -0.15) is 4.31 Å². The van der Waals surface area contributed by atoms with Gasteiger partial charge in [0.1, 0.15) is 0 Å². The van der Waals surface area contributed by atoms with Crippen molar-refractivity contribution in [2.24, 2.45) is 0 Å². The number of hydrogen-bond donors (Lipinski definition) is 1. The Balaban J connectivity index is 2.49. The number of nitrogens with two attached hydrogens (primary N) is 1. The van der Waals surface area contributed by atoms with Gasteiger partial charge in [0.2, 0.25) is 10.0 Å². The third-order valence-corrected chi connectivity index (χ3v) is 8.43. The van der Waals surface area contributed by atoms with E-state index in [2.05, 4.69) is 15.9 Å². The van der Waals surface area contributed by atoms with Crippen LogP contribution in [0.3, 0.4) is 0 Å². The molecule has 0 radical (unpaired) electrons. The van der Waals surface area contributed by atoms with E-state index in [1.54, 1.807) is 6.92 Å². The van der Waals surface area contributed by atoms with Crippen LogP contribution >= 0.6 is 27.5 Å². The third kappa shape index (κ3) is 3.37. The van der Waals surface area contributed by atoms with Crippen LogP contribution in [0.4, 0.5) is 5.69 Å². The van der Waals surface area contributed by atoms with Crippen molar-refractivity contribution in [2.45, 2.75) is 17.9 Å². The Hall–Kier alpha value is -0.350. The van der Waals surface area contributed by atoms with Crippen LogP contribution in [0, 0.1) is 0 Å². The summed E-state index contributed by atoms with van der Waals surface area (Å²) in [5.41, 5.74) is 5.92. The summed E-state index contributed by atoms with van der Waals surface area (Å²) in [6, 6.07) is 2.10. The van der Waals surface area contributed by atoms with Gasteiger partial charge in [-0.05, 0) is 35.0 Å². The van der Waals surface area contributed by atoms with Crippen LogP contribution in [0.1, 0.15) is 6.92 Å². The van der Waals surface area contributed by atoms with Crippen molar-refractivity contribution in [1.82, 2.24) is 4.31 Å². The topological polar surface area (TPSA) is 97.5 Å². The fourth-order valence-electron chi connectivity index (χ4n) is 2.24. The minimum atomic E-state index is -3.88. The fourth-order valence-corrected chi connectivity index (χ4v) is 6.89. The van der Waals surface area contributed by atoms with E-state index >= 15 is 0 Å². The van der Waals surface area contributed by atoms with Gasteiger partial charge in [-0.25, -0.2) is 16.8 Å². The first-order valence-corrected chi connectivity index (χ1v) is 10.4. The molecule has 1 aromatic carbocycles. The fraction of sp³-hybridized carbons (Fsp3) is 0.455. The minimum absolute atomic E-state index is 0.0568. The first kappa shape index (κ1) is 17.0.